The number of benzene rings is 1. The van der Waals surface area contributed by atoms with Gasteiger partial charge in [-0.25, -0.2) is 9.78 Å². The third-order valence-corrected chi connectivity index (χ3v) is 3.78. The number of thiazole rings is 1. The van der Waals surface area contributed by atoms with Crippen LogP contribution in [0.4, 0.5) is 0 Å². The molecular weight excluding hydrogens is 258 g/mol. The Balaban J connectivity index is 2.41. The van der Waals surface area contributed by atoms with Crippen molar-refractivity contribution in [3.8, 4) is 10.6 Å². The Morgan fingerprint density at radius 1 is 1.26 bits per heavy atom. The molecule has 0 amide bonds. The van der Waals surface area contributed by atoms with Crippen LogP contribution in [0.5, 0.6) is 0 Å². The normalized spacial score (nSPS) is 11.1. The highest BCUT2D eigenvalue weighted by atomic mass is 32.1. The molecule has 1 heterocycles. The fourth-order valence-corrected chi connectivity index (χ4v) is 3.14. The molecule has 0 unspecified atom stereocenters. The van der Waals surface area contributed by atoms with E-state index in [-0.39, 0.29) is 0 Å². The summed E-state index contributed by atoms with van der Waals surface area (Å²) in [6.45, 7) is 6.22. The van der Waals surface area contributed by atoms with Gasteiger partial charge in [-0.1, -0.05) is 17.7 Å². The van der Waals surface area contributed by atoms with Crippen molar-refractivity contribution in [1.82, 2.24) is 4.98 Å². The lowest BCUT2D eigenvalue weighted by Gasteiger charge is -2.08. The zero-order valence-corrected chi connectivity index (χ0v) is 11.9. The Bertz CT molecular complexity index is 633. The van der Waals surface area contributed by atoms with Gasteiger partial charge in [0.2, 0.25) is 0 Å². The van der Waals surface area contributed by atoms with Crippen molar-refractivity contribution < 1.29 is 9.90 Å². The van der Waals surface area contributed by atoms with Crippen molar-refractivity contribution >= 4 is 23.4 Å². The summed E-state index contributed by atoms with van der Waals surface area (Å²) in [5.74, 6) is -0.947. The van der Waals surface area contributed by atoms with Crippen molar-refractivity contribution in [1.29, 1.82) is 0 Å². The number of aliphatic carboxylic acids is 1. The second kappa shape index (κ2) is 5.36. The molecule has 0 saturated carbocycles. The van der Waals surface area contributed by atoms with Crippen LogP contribution in [0, 0.1) is 20.8 Å². The van der Waals surface area contributed by atoms with Crippen LogP contribution in [0.15, 0.2) is 24.4 Å². The summed E-state index contributed by atoms with van der Waals surface area (Å²) >= 11 is 1.50. The Morgan fingerprint density at radius 2 is 1.89 bits per heavy atom. The first-order valence-electron chi connectivity index (χ1n) is 5.92. The summed E-state index contributed by atoms with van der Waals surface area (Å²) in [6, 6.07) is 4.27. The SMILES string of the molecule is Cc1cc(C)c(-c2ncc(/C=C/C(=O)O)s2)c(C)c1. The van der Waals surface area contributed by atoms with E-state index in [2.05, 4.69) is 37.9 Å². The molecule has 0 fully saturated rings. The van der Waals surface area contributed by atoms with Crippen molar-refractivity contribution in [2.75, 3.05) is 0 Å². The van der Waals surface area contributed by atoms with Crippen LogP contribution in [-0.2, 0) is 4.79 Å². The average Bonchev–Trinajstić information content (AvgIpc) is 2.73. The van der Waals surface area contributed by atoms with Gasteiger partial charge >= 0.3 is 5.97 Å². The van der Waals surface area contributed by atoms with E-state index in [1.165, 1.54) is 28.0 Å². The number of carboxylic acids is 1. The fourth-order valence-electron chi connectivity index (χ4n) is 2.15. The molecule has 19 heavy (non-hydrogen) atoms. The number of hydrogen-bond donors (Lipinski definition) is 1. The third kappa shape index (κ3) is 3.09. The molecule has 0 saturated heterocycles. The second-order valence-corrected chi connectivity index (χ2v) is 5.58. The standard InChI is InChI=1S/C15H15NO2S/c1-9-6-10(2)14(11(3)7-9)15-16-8-12(19-15)4-5-13(17)18/h4-8H,1-3H3,(H,17,18)/b5-4+. The van der Waals surface area contributed by atoms with E-state index in [9.17, 15) is 4.79 Å². The highest BCUT2D eigenvalue weighted by Gasteiger charge is 2.10. The Morgan fingerprint density at radius 3 is 2.47 bits per heavy atom. The monoisotopic (exact) mass is 273 g/mol. The van der Waals surface area contributed by atoms with E-state index in [4.69, 9.17) is 5.11 Å². The Kier molecular flexibility index (Phi) is 3.81. The molecule has 0 aliphatic carbocycles. The quantitative estimate of drug-likeness (QED) is 0.865. The smallest absolute Gasteiger partial charge is 0.328 e. The lowest BCUT2D eigenvalue weighted by atomic mass is 10.0. The first-order chi connectivity index (χ1) is 8.97. The lowest BCUT2D eigenvalue weighted by Crippen LogP contribution is -1.88. The summed E-state index contributed by atoms with van der Waals surface area (Å²) in [6.07, 6.45) is 4.41. The van der Waals surface area contributed by atoms with Crippen molar-refractivity contribution in [3.63, 3.8) is 0 Å². The number of hydrogen-bond acceptors (Lipinski definition) is 3. The molecular formula is C15H15NO2S. The largest absolute Gasteiger partial charge is 0.478 e. The van der Waals surface area contributed by atoms with E-state index in [1.54, 1.807) is 12.3 Å². The number of nitrogens with zero attached hydrogens (tertiary/aromatic N) is 1. The molecule has 98 valence electrons. The van der Waals surface area contributed by atoms with E-state index in [1.807, 2.05) is 0 Å². The number of rotatable bonds is 3. The molecule has 2 aromatic rings. The Labute approximate surface area is 116 Å². The van der Waals surface area contributed by atoms with E-state index >= 15 is 0 Å². The molecule has 2 rings (SSSR count). The molecule has 0 atom stereocenters. The van der Waals surface area contributed by atoms with Gasteiger partial charge in [0.1, 0.15) is 5.01 Å². The summed E-state index contributed by atoms with van der Waals surface area (Å²) in [4.78, 5) is 15.7. The summed E-state index contributed by atoms with van der Waals surface area (Å²) in [5, 5.41) is 9.55. The maximum atomic E-state index is 10.5. The molecule has 0 aliphatic heterocycles. The van der Waals surface area contributed by atoms with Gasteiger partial charge in [0.15, 0.2) is 0 Å². The minimum Gasteiger partial charge on any atom is -0.478 e. The average molecular weight is 273 g/mol. The van der Waals surface area contributed by atoms with Gasteiger partial charge in [-0.3, -0.25) is 0 Å². The van der Waals surface area contributed by atoms with Crippen LogP contribution in [0.1, 0.15) is 21.6 Å². The molecule has 1 aromatic heterocycles. The molecule has 0 radical (unpaired) electrons. The lowest BCUT2D eigenvalue weighted by molar-refractivity contribution is -0.131. The second-order valence-electron chi connectivity index (χ2n) is 4.51. The molecule has 1 aromatic carbocycles. The maximum absolute atomic E-state index is 10.5. The van der Waals surface area contributed by atoms with Crippen LogP contribution in [0.3, 0.4) is 0 Å². The first-order valence-corrected chi connectivity index (χ1v) is 6.74. The number of carbonyl (C=O) groups is 1. The number of carboxylic acid groups (broad SMARTS) is 1. The van der Waals surface area contributed by atoms with E-state index in [0.717, 1.165) is 21.5 Å². The zero-order valence-electron chi connectivity index (χ0n) is 11.1. The molecule has 1 N–H and O–H groups in total. The fraction of sp³-hybridized carbons (Fsp3) is 0.200. The predicted molar refractivity (Wildman–Crippen MR) is 78.4 cm³/mol. The van der Waals surface area contributed by atoms with Gasteiger partial charge < -0.3 is 5.11 Å². The third-order valence-electron chi connectivity index (χ3n) is 2.80. The van der Waals surface area contributed by atoms with Crippen LogP contribution in [0.2, 0.25) is 0 Å². The summed E-state index contributed by atoms with van der Waals surface area (Å²) < 4.78 is 0. The molecule has 3 nitrogen and oxygen atoms in total. The zero-order chi connectivity index (χ0) is 14.0. The Hall–Kier alpha value is -1.94. The van der Waals surface area contributed by atoms with Gasteiger partial charge in [-0.05, 0) is 38.0 Å². The van der Waals surface area contributed by atoms with Crippen molar-refractivity contribution in [3.05, 3.63) is 46.0 Å². The van der Waals surface area contributed by atoms with Crippen LogP contribution >= 0.6 is 11.3 Å². The van der Waals surface area contributed by atoms with Crippen LogP contribution in [-0.4, -0.2) is 16.1 Å². The van der Waals surface area contributed by atoms with E-state index in [0.29, 0.717) is 0 Å². The molecule has 0 aliphatic rings. The van der Waals surface area contributed by atoms with Gasteiger partial charge in [0, 0.05) is 22.7 Å². The molecule has 4 heteroatoms. The number of aromatic nitrogens is 1. The highest BCUT2D eigenvalue weighted by molar-refractivity contribution is 7.15. The van der Waals surface area contributed by atoms with Gasteiger partial charge in [-0.15, -0.1) is 11.3 Å². The minimum atomic E-state index is -0.947. The van der Waals surface area contributed by atoms with Crippen molar-refractivity contribution in [2.24, 2.45) is 0 Å². The van der Waals surface area contributed by atoms with Gasteiger partial charge in [-0.2, -0.15) is 0 Å². The van der Waals surface area contributed by atoms with Gasteiger partial charge in [0.25, 0.3) is 0 Å². The van der Waals surface area contributed by atoms with Crippen LogP contribution in [0.25, 0.3) is 16.6 Å². The molecule has 0 spiro atoms. The summed E-state index contributed by atoms with van der Waals surface area (Å²) in [7, 11) is 0. The molecule has 0 bridgehead atoms. The van der Waals surface area contributed by atoms with E-state index < -0.39 is 5.97 Å². The number of aryl methyl sites for hydroxylation is 3. The van der Waals surface area contributed by atoms with Crippen LogP contribution < -0.4 is 0 Å². The highest BCUT2D eigenvalue weighted by Crippen LogP contribution is 2.32. The van der Waals surface area contributed by atoms with Crippen molar-refractivity contribution in [2.45, 2.75) is 20.8 Å². The maximum Gasteiger partial charge on any atom is 0.328 e. The summed E-state index contributed by atoms with van der Waals surface area (Å²) in [5.41, 5.74) is 4.77. The minimum absolute atomic E-state index is 0.844. The predicted octanol–water partition coefficient (Wildman–Crippen LogP) is 3.83. The topological polar surface area (TPSA) is 50.2 Å². The first kappa shape index (κ1) is 13.5. The van der Waals surface area contributed by atoms with Gasteiger partial charge in [0.05, 0.1) is 0 Å².